The minimum absolute atomic E-state index is 0.0178. The lowest BCUT2D eigenvalue weighted by Crippen LogP contribution is -2.15. The van der Waals surface area contributed by atoms with Crippen molar-refractivity contribution in [2.75, 3.05) is 0 Å². The summed E-state index contributed by atoms with van der Waals surface area (Å²) in [5.41, 5.74) is 1.03. The summed E-state index contributed by atoms with van der Waals surface area (Å²) in [6.45, 7) is 2.52. The van der Waals surface area contributed by atoms with Crippen LogP contribution in [0.5, 0.6) is 11.5 Å². The fraction of sp³-hybridized carbons (Fsp3) is 0.429. The molecule has 0 spiro atoms. The van der Waals surface area contributed by atoms with Crippen molar-refractivity contribution in [1.82, 2.24) is 0 Å². The van der Waals surface area contributed by atoms with Crippen LogP contribution < -0.4 is 4.74 Å². The highest BCUT2D eigenvalue weighted by molar-refractivity contribution is 5.57. The maximum atomic E-state index is 15.4. The lowest BCUT2D eigenvalue weighted by molar-refractivity contribution is 0.373. The van der Waals surface area contributed by atoms with E-state index in [1.54, 1.807) is 0 Å². The molecule has 4 atom stereocenters. The Bertz CT molecular complexity index is 1240. The van der Waals surface area contributed by atoms with Gasteiger partial charge in [-0.15, -0.1) is 0 Å². The molecule has 2 fully saturated rings. The molecule has 2 aromatic rings. The first-order valence-electron chi connectivity index (χ1n) is 12.1. The Hall–Kier alpha value is -2.70. The molecule has 4 aliphatic carbocycles. The lowest BCUT2D eigenvalue weighted by atomic mass is 9.86. The summed E-state index contributed by atoms with van der Waals surface area (Å²) in [6.07, 6.45) is 8.36. The van der Waals surface area contributed by atoms with E-state index in [4.69, 9.17) is 4.74 Å². The van der Waals surface area contributed by atoms with Crippen LogP contribution in [-0.2, 0) is 0 Å². The molecule has 1 nitrogen and oxygen atoms in total. The van der Waals surface area contributed by atoms with Gasteiger partial charge in [-0.3, -0.25) is 0 Å². The van der Waals surface area contributed by atoms with E-state index in [1.807, 2.05) is 12.2 Å². The molecular formula is C28H24F6O. The number of ether oxygens (including phenoxy) is 1. The molecule has 0 radical (unpaired) electrons. The van der Waals surface area contributed by atoms with Gasteiger partial charge in [0.05, 0.1) is 0 Å². The van der Waals surface area contributed by atoms with Crippen molar-refractivity contribution in [1.29, 1.82) is 0 Å². The van der Waals surface area contributed by atoms with Gasteiger partial charge in [0.2, 0.25) is 0 Å². The Morgan fingerprint density at radius 3 is 1.29 bits per heavy atom. The van der Waals surface area contributed by atoms with E-state index in [0.717, 1.165) is 24.0 Å². The standard InChI is InChI=1S/C28H24F6O/c1-11-21(29)25(33)23(31)19(17-13-3-4-14(17)6-5-13)27(11)35-28-12(2)22(30)26(34)24(32)20(28)18-15-7-8-16(18)10-9-15/h3,7,14,16-18H,4-6,8-10H2,1-2H3. The van der Waals surface area contributed by atoms with E-state index in [9.17, 15) is 17.6 Å². The SMILES string of the molecule is Cc1c(F)c(F)c(F)c(C2C3=CCC2CC3)c1Oc1c(C)c(F)c(F)c(F)c1C1C2=CCC1CC2. The van der Waals surface area contributed by atoms with Crippen LogP contribution in [0.25, 0.3) is 0 Å². The van der Waals surface area contributed by atoms with Crippen LogP contribution in [0.1, 0.15) is 72.6 Å². The van der Waals surface area contributed by atoms with E-state index in [2.05, 4.69) is 0 Å². The van der Waals surface area contributed by atoms with Gasteiger partial charge < -0.3 is 4.74 Å². The van der Waals surface area contributed by atoms with Gasteiger partial charge in [-0.25, -0.2) is 26.3 Å². The third-order valence-corrected chi connectivity index (χ3v) is 8.61. The highest BCUT2D eigenvalue weighted by Gasteiger charge is 2.44. The topological polar surface area (TPSA) is 9.23 Å². The smallest absolute Gasteiger partial charge is 0.195 e. The molecule has 4 unspecified atom stereocenters. The predicted molar refractivity (Wildman–Crippen MR) is 119 cm³/mol. The van der Waals surface area contributed by atoms with Crippen LogP contribution in [-0.4, -0.2) is 0 Å². The highest BCUT2D eigenvalue weighted by Crippen LogP contribution is 2.57. The summed E-state index contributed by atoms with van der Waals surface area (Å²) in [4.78, 5) is 0. The quantitative estimate of drug-likeness (QED) is 0.237. The number of hydrogen-bond donors (Lipinski definition) is 0. The summed E-state index contributed by atoms with van der Waals surface area (Å²) < 4.78 is 95.5. The number of hydrogen-bond acceptors (Lipinski definition) is 1. The molecule has 0 amide bonds. The molecule has 0 heterocycles. The van der Waals surface area contributed by atoms with E-state index in [-0.39, 0.29) is 45.6 Å². The molecule has 4 bridgehead atoms. The Morgan fingerprint density at radius 1 is 0.600 bits per heavy atom. The molecule has 0 aromatic heterocycles. The zero-order valence-electron chi connectivity index (χ0n) is 19.4. The molecule has 2 aromatic carbocycles. The summed E-state index contributed by atoms with van der Waals surface area (Å²) in [5, 5.41) is 0. The number of benzene rings is 2. The van der Waals surface area contributed by atoms with Gasteiger partial charge in [0, 0.05) is 34.1 Å². The normalized spacial score (nSPS) is 26.5. The molecule has 184 valence electrons. The number of allylic oxidation sites excluding steroid dienone is 4. The Balaban J connectivity index is 1.58. The Labute approximate surface area is 199 Å². The van der Waals surface area contributed by atoms with Crippen LogP contribution in [0.15, 0.2) is 23.3 Å². The van der Waals surface area contributed by atoms with Crippen LogP contribution in [0.3, 0.4) is 0 Å². The maximum Gasteiger partial charge on any atom is 0.195 e. The second-order valence-corrected chi connectivity index (χ2v) is 10.3. The van der Waals surface area contributed by atoms with Gasteiger partial charge in [0.15, 0.2) is 34.9 Å². The molecule has 35 heavy (non-hydrogen) atoms. The predicted octanol–water partition coefficient (Wildman–Crippen LogP) is 8.58. The van der Waals surface area contributed by atoms with Gasteiger partial charge in [-0.1, -0.05) is 23.3 Å². The Morgan fingerprint density at radius 2 is 1.00 bits per heavy atom. The molecule has 2 saturated carbocycles. The van der Waals surface area contributed by atoms with Gasteiger partial charge in [-0.05, 0) is 64.2 Å². The number of rotatable bonds is 4. The Kier molecular flexibility index (Phi) is 5.14. The summed E-state index contributed by atoms with van der Waals surface area (Å²) in [5.74, 6) is -10.2. The van der Waals surface area contributed by atoms with E-state index >= 15 is 8.78 Å². The van der Waals surface area contributed by atoms with E-state index in [1.165, 1.54) is 13.8 Å². The minimum atomic E-state index is -1.59. The van der Waals surface area contributed by atoms with Gasteiger partial charge in [-0.2, -0.15) is 0 Å². The van der Waals surface area contributed by atoms with Crippen LogP contribution >= 0.6 is 0 Å². The zero-order chi connectivity index (χ0) is 24.8. The third kappa shape index (κ3) is 3.09. The second kappa shape index (κ2) is 7.90. The maximum absolute atomic E-state index is 15.4. The number of halogens is 6. The van der Waals surface area contributed by atoms with Crippen molar-refractivity contribution in [3.05, 3.63) is 80.5 Å². The summed E-state index contributed by atoms with van der Waals surface area (Å²) >= 11 is 0. The van der Waals surface area contributed by atoms with Crippen LogP contribution in [0.4, 0.5) is 26.3 Å². The van der Waals surface area contributed by atoms with Gasteiger partial charge in [0.25, 0.3) is 0 Å². The lowest BCUT2D eigenvalue weighted by Gasteiger charge is -2.26. The van der Waals surface area contributed by atoms with Gasteiger partial charge >= 0.3 is 0 Å². The second-order valence-electron chi connectivity index (χ2n) is 10.3. The molecular weight excluding hydrogens is 466 g/mol. The third-order valence-electron chi connectivity index (χ3n) is 8.61. The van der Waals surface area contributed by atoms with Crippen molar-refractivity contribution in [2.45, 2.75) is 64.2 Å². The molecule has 4 aliphatic rings. The average Bonchev–Trinajstić information content (AvgIpc) is 3.65. The first kappa shape index (κ1) is 22.7. The molecule has 0 aliphatic heterocycles. The van der Waals surface area contributed by atoms with Crippen molar-refractivity contribution in [2.24, 2.45) is 11.8 Å². The molecule has 7 heteroatoms. The van der Waals surface area contributed by atoms with E-state index < -0.39 is 46.7 Å². The fourth-order valence-corrected chi connectivity index (χ4v) is 6.85. The van der Waals surface area contributed by atoms with Crippen LogP contribution in [0.2, 0.25) is 0 Å². The molecule has 6 rings (SSSR count). The van der Waals surface area contributed by atoms with Crippen molar-refractivity contribution < 1.29 is 31.1 Å². The molecule has 0 N–H and O–H groups in total. The number of fused-ring (bicyclic) bond motifs is 4. The minimum Gasteiger partial charge on any atom is -0.456 e. The van der Waals surface area contributed by atoms with Gasteiger partial charge in [0.1, 0.15) is 11.5 Å². The zero-order valence-corrected chi connectivity index (χ0v) is 19.4. The largest absolute Gasteiger partial charge is 0.456 e. The van der Waals surface area contributed by atoms with Crippen LogP contribution in [0, 0.1) is 60.6 Å². The average molecular weight is 490 g/mol. The monoisotopic (exact) mass is 490 g/mol. The molecule has 0 saturated heterocycles. The highest BCUT2D eigenvalue weighted by atomic mass is 19.2. The van der Waals surface area contributed by atoms with Crippen molar-refractivity contribution in [3.8, 4) is 11.5 Å². The first-order valence-corrected chi connectivity index (χ1v) is 12.1. The summed E-state index contributed by atoms with van der Waals surface area (Å²) in [6, 6.07) is 0. The van der Waals surface area contributed by atoms with Crippen molar-refractivity contribution in [3.63, 3.8) is 0 Å². The fourth-order valence-electron chi connectivity index (χ4n) is 6.85. The summed E-state index contributed by atoms with van der Waals surface area (Å²) in [7, 11) is 0. The van der Waals surface area contributed by atoms with Crippen molar-refractivity contribution >= 4 is 0 Å². The van der Waals surface area contributed by atoms with E-state index in [0.29, 0.717) is 25.7 Å². The first-order chi connectivity index (χ1) is 16.7.